The number of hydrogen-bond donors (Lipinski definition) is 1. The van der Waals surface area contributed by atoms with E-state index in [1.165, 1.54) is 29.9 Å². The second kappa shape index (κ2) is 4.22. The van der Waals surface area contributed by atoms with Crippen LogP contribution < -0.4 is 0 Å². The molecule has 0 aliphatic carbocycles. The first-order valence-electron chi connectivity index (χ1n) is 5.03. The van der Waals surface area contributed by atoms with Crippen LogP contribution in [0.5, 0.6) is 0 Å². The van der Waals surface area contributed by atoms with E-state index in [0.717, 1.165) is 17.7 Å². The second-order valence-electron chi connectivity index (χ2n) is 3.83. The summed E-state index contributed by atoms with van der Waals surface area (Å²) < 4.78 is 0. The number of hydrogen-bond acceptors (Lipinski definition) is 2. The Hall–Kier alpha value is -0.700. The van der Waals surface area contributed by atoms with Crippen LogP contribution in [0.3, 0.4) is 0 Å². The Morgan fingerprint density at radius 2 is 2.21 bits per heavy atom. The number of nitrogens with one attached hydrogen (secondary N) is 1. The first-order valence-corrected chi connectivity index (χ1v) is 6.19. The maximum Gasteiger partial charge on any atom is 0.166 e. The van der Waals surface area contributed by atoms with Crippen molar-refractivity contribution in [3.63, 3.8) is 0 Å². The third-order valence-electron chi connectivity index (χ3n) is 2.79. The van der Waals surface area contributed by atoms with Crippen molar-refractivity contribution in [1.82, 2.24) is 4.98 Å². The van der Waals surface area contributed by atoms with Crippen LogP contribution >= 0.6 is 11.8 Å². The molecule has 0 saturated carbocycles. The topological polar surface area (TPSA) is 32.9 Å². The highest BCUT2D eigenvalue weighted by Gasteiger charge is 2.19. The van der Waals surface area contributed by atoms with Crippen molar-refractivity contribution in [2.24, 2.45) is 0 Å². The number of aldehydes is 1. The van der Waals surface area contributed by atoms with Crippen molar-refractivity contribution in [2.45, 2.75) is 25.7 Å². The fraction of sp³-hybridized carbons (Fsp3) is 0.545. The number of aromatic amines is 1. The van der Waals surface area contributed by atoms with Gasteiger partial charge in [0.1, 0.15) is 0 Å². The van der Waals surface area contributed by atoms with Crippen LogP contribution in [0.15, 0.2) is 6.07 Å². The van der Waals surface area contributed by atoms with E-state index < -0.39 is 0 Å². The van der Waals surface area contributed by atoms with Gasteiger partial charge in [-0.15, -0.1) is 0 Å². The van der Waals surface area contributed by atoms with Crippen molar-refractivity contribution in [1.29, 1.82) is 0 Å². The number of H-pyrrole nitrogens is 1. The Balaban J connectivity index is 2.24. The predicted molar refractivity (Wildman–Crippen MR) is 60.2 cm³/mol. The molecule has 1 fully saturated rings. The molecule has 0 radical (unpaired) electrons. The molecule has 0 atom stereocenters. The van der Waals surface area contributed by atoms with E-state index in [-0.39, 0.29) is 0 Å². The summed E-state index contributed by atoms with van der Waals surface area (Å²) in [6, 6.07) is 2.13. The van der Waals surface area contributed by atoms with Gasteiger partial charge in [-0.2, -0.15) is 11.8 Å². The molecule has 0 bridgehead atoms. The van der Waals surface area contributed by atoms with E-state index in [9.17, 15) is 4.79 Å². The monoisotopic (exact) mass is 209 g/mol. The highest BCUT2D eigenvalue weighted by molar-refractivity contribution is 7.99. The second-order valence-corrected chi connectivity index (χ2v) is 5.05. The molecule has 0 aromatic carbocycles. The van der Waals surface area contributed by atoms with Crippen LogP contribution in [0.25, 0.3) is 0 Å². The maximum atomic E-state index is 10.8. The third-order valence-corrected chi connectivity index (χ3v) is 3.84. The molecule has 1 aliphatic rings. The molecule has 76 valence electrons. The Morgan fingerprint density at radius 3 is 2.86 bits per heavy atom. The molecule has 0 amide bonds. The van der Waals surface area contributed by atoms with Crippen molar-refractivity contribution in [2.75, 3.05) is 11.5 Å². The largest absolute Gasteiger partial charge is 0.356 e. The van der Waals surface area contributed by atoms with Gasteiger partial charge in [0.15, 0.2) is 6.29 Å². The van der Waals surface area contributed by atoms with Gasteiger partial charge in [-0.25, -0.2) is 0 Å². The lowest BCUT2D eigenvalue weighted by Gasteiger charge is -2.20. The van der Waals surface area contributed by atoms with Gasteiger partial charge in [-0.1, -0.05) is 0 Å². The van der Waals surface area contributed by atoms with Crippen molar-refractivity contribution in [3.8, 4) is 0 Å². The van der Waals surface area contributed by atoms with Gasteiger partial charge in [-0.3, -0.25) is 4.79 Å². The fourth-order valence-corrected chi connectivity index (χ4v) is 3.18. The van der Waals surface area contributed by atoms with E-state index >= 15 is 0 Å². The molecular formula is C11H15NOS. The molecule has 1 saturated heterocycles. The Morgan fingerprint density at radius 1 is 1.50 bits per heavy atom. The summed E-state index contributed by atoms with van der Waals surface area (Å²) in [6.07, 6.45) is 3.37. The summed E-state index contributed by atoms with van der Waals surface area (Å²) in [5.41, 5.74) is 3.12. The molecule has 1 N–H and O–H groups in total. The number of aromatic nitrogens is 1. The van der Waals surface area contributed by atoms with Gasteiger partial charge < -0.3 is 4.98 Å². The predicted octanol–water partition coefficient (Wildman–Crippen LogP) is 2.75. The van der Waals surface area contributed by atoms with Gasteiger partial charge in [-0.05, 0) is 48.8 Å². The highest BCUT2D eigenvalue weighted by atomic mass is 32.2. The average Bonchev–Trinajstić information content (AvgIpc) is 2.61. The number of carbonyl (C=O) groups is 1. The molecule has 1 aliphatic heterocycles. The summed E-state index contributed by atoms with van der Waals surface area (Å²) in [5, 5.41) is 0. The van der Waals surface area contributed by atoms with Crippen molar-refractivity contribution in [3.05, 3.63) is 23.0 Å². The molecule has 1 aromatic heterocycles. The van der Waals surface area contributed by atoms with Crippen LogP contribution in [-0.2, 0) is 0 Å². The molecule has 2 heterocycles. The maximum absolute atomic E-state index is 10.8. The van der Waals surface area contributed by atoms with E-state index in [1.54, 1.807) is 0 Å². The minimum absolute atomic E-state index is 0.599. The quantitative estimate of drug-likeness (QED) is 0.760. The van der Waals surface area contributed by atoms with Crippen LogP contribution in [0.4, 0.5) is 0 Å². The average molecular weight is 209 g/mol. The van der Waals surface area contributed by atoms with Gasteiger partial charge in [0.25, 0.3) is 0 Å². The number of thioether (sulfide) groups is 1. The Kier molecular flexibility index (Phi) is 2.96. The fourth-order valence-electron chi connectivity index (χ4n) is 2.08. The minimum Gasteiger partial charge on any atom is -0.356 e. The SMILES string of the molecule is Cc1cc(C2CCSCC2)c(C=O)[nH]1. The van der Waals surface area contributed by atoms with E-state index in [2.05, 4.69) is 11.1 Å². The lowest BCUT2D eigenvalue weighted by Crippen LogP contribution is -2.08. The Labute approximate surface area is 88.5 Å². The normalized spacial score (nSPS) is 18.4. The van der Waals surface area contributed by atoms with E-state index in [1.807, 2.05) is 18.7 Å². The molecule has 1 aromatic rings. The minimum atomic E-state index is 0.599. The van der Waals surface area contributed by atoms with Crippen LogP contribution in [-0.4, -0.2) is 22.8 Å². The molecule has 0 spiro atoms. The lowest BCUT2D eigenvalue weighted by molar-refractivity contribution is 0.111. The molecule has 2 nitrogen and oxygen atoms in total. The first-order chi connectivity index (χ1) is 6.81. The van der Waals surface area contributed by atoms with Gasteiger partial charge in [0, 0.05) is 5.69 Å². The zero-order valence-corrected chi connectivity index (χ0v) is 9.19. The lowest BCUT2D eigenvalue weighted by atomic mass is 9.93. The number of rotatable bonds is 2. The zero-order chi connectivity index (χ0) is 9.97. The van der Waals surface area contributed by atoms with Crippen molar-refractivity contribution < 1.29 is 4.79 Å². The highest BCUT2D eigenvalue weighted by Crippen LogP contribution is 2.33. The molecule has 0 unspecified atom stereocenters. The van der Waals surface area contributed by atoms with E-state index in [0.29, 0.717) is 5.92 Å². The van der Waals surface area contributed by atoms with Gasteiger partial charge in [0.05, 0.1) is 5.69 Å². The molecule has 2 rings (SSSR count). The summed E-state index contributed by atoms with van der Waals surface area (Å²) >= 11 is 2.02. The van der Waals surface area contributed by atoms with E-state index in [4.69, 9.17) is 0 Å². The van der Waals surface area contributed by atoms with Crippen LogP contribution in [0.2, 0.25) is 0 Å². The molecular weight excluding hydrogens is 194 g/mol. The summed E-state index contributed by atoms with van der Waals surface area (Å²) in [7, 11) is 0. The van der Waals surface area contributed by atoms with Gasteiger partial charge in [0.2, 0.25) is 0 Å². The number of aryl methyl sites for hydroxylation is 1. The van der Waals surface area contributed by atoms with Gasteiger partial charge >= 0.3 is 0 Å². The van der Waals surface area contributed by atoms with Crippen molar-refractivity contribution >= 4 is 18.0 Å². The first kappa shape index (κ1) is 9.84. The summed E-state index contributed by atoms with van der Waals surface area (Å²) in [5.74, 6) is 3.06. The standard InChI is InChI=1S/C11H15NOS/c1-8-6-10(11(7-13)12-8)9-2-4-14-5-3-9/h6-7,9,12H,2-5H2,1H3. The third kappa shape index (κ3) is 1.87. The Bertz CT molecular complexity index is 326. The summed E-state index contributed by atoms with van der Waals surface area (Å²) in [6.45, 7) is 2.01. The zero-order valence-electron chi connectivity index (χ0n) is 8.38. The summed E-state index contributed by atoms with van der Waals surface area (Å²) in [4.78, 5) is 14.0. The molecule has 3 heteroatoms. The number of carbonyl (C=O) groups excluding carboxylic acids is 1. The molecule has 14 heavy (non-hydrogen) atoms. The van der Waals surface area contributed by atoms with Crippen LogP contribution in [0, 0.1) is 6.92 Å². The van der Waals surface area contributed by atoms with Crippen LogP contribution in [0.1, 0.15) is 40.5 Å². The smallest absolute Gasteiger partial charge is 0.166 e.